The molecule has 29 heavy (non-hydrogen) atoms. The van der Waals surface area contributed by atoms with E-state index in [1.165, 1.54) is 4.90 Å². The molecule has 6 nitrogen and oxygen atoms in total. The Kier molecular flexibility index (Phi) is 7.08. The highest BCUT2D eigenvalue weighted by Gasteiger charge is 2.41. The van der Waals surface area contributed by atoms with Crippen LogP contribution in [0.2, 0.25) is 0 Å². The fourth-order valence-electron chi connectivity index (χ4n) is 3.27. The Morgan fingerprint density at radius 3 is 2.55 bits per heavy atom. The summed E-state index contributed by atoms with van der Waals surface area (Å²) in [5, 5.41) is 0. The predicted octanol–water partition coefficient (Wildman–Crippen LogP) is 3.75. The summed E-state index contributed by atoms with van der Waals surface area (Å²) in [6.45, 7) is 5.12. The van der Waals surface area contributed by atoms with Gasteiger partial charge in [-0.25, -0.2) is 0 Å². The number of anilines is 1. The summed E-state index contributed by atoms with van der Waals surface area (Å²) >= 11 is 6.49. The molecule has 0 bridgehead atoms. The predicted molar refractivity (Wildman–Crippen MR) is 118 cm³/mol. The number of carbonyl (C=O) groups is 3. The van der Waals surface area contributed by atoms with Gasteiger partial charge in [0.05, 0.1) is 29.2 Å². The van der Waals surface area contributed by atoms with Crippen LogP contribution in [0.4, 0.5) is 5.69 Å². The van der Waals surface area contributed by atoms with Gasteiger partial charge in [-0.15, -0.1) is 0 Å². The zero-order chi connectivity index (χ0) is 21.0. The van der Waals surface area contributed by atoms with Gasteiger partial charge in [0, 0.05) is 18.7 Å². The van der Waals surface area contributed by atoms with Crippen molar-refractivity contribution < 1.29 is 19.1 Å². The van der Waals surface area contributed by atoms with Crippen molar-refractivity contribution in [2.45, 2.75) is 39.5 Å². The average Bonchev–Trinajstić information content (AvgIpc) is 3.15. The molecule has 8 heteroatoms. The lowest BCUT2D eigenvalue weighted by Gasteiger charge is -2.16. The largest absolute Gasteiger partial charge is 0.466 e. The molecule has 2 heterocycles. The van der Waals surface area contributed by atoms with Crippen molar-refractivity contribution in [2.24, 2.45) is 0 Å². The van der Waals surface area contributed by atoms with E-state index in [9.17, 15) is 14.4 Å². The number of thioether (sulfide) groups is 1. The molecule has 0 unspecified atom stereocenters. The van der Waals surface area contributed by atoms with Crippen molar-refractivity contribution in [1.29, 1.82) is 0 Å². The summed E-state index contributed by atoms with van der Waals surface area (Å²) in [6, 6.07) is 7.52. The lowest BCUT2D eigenvalue weighted by Crippen LogP contribution is -2.31. The molecule has 0 atom stereocenters. The summed E-state index contributed by atoms with van der Waals surface area (Å²) in [7, 11) is 0. The molecular formula is C21H24N2O4S2. The number of hydrogen-bond donors (Lipinski definition) is 0. The number of thiocarbonyl (C=S) groups is 1. The van der Waals surface area contributed by atoms with Gasteiger partial charge in [-0.2, -0.15) is 0 Å². The molecule has 0 saturated carbocycles. The summed E-state index contributed by atoms with van der Waals surface area (Å²) in [4.78, 5) is 41.5. The van der Waals surface area contributed by atoms with Crippen molar-refractivity contribution >= 4 is 57.3 Å². The molecule has 1 fully saturated rings. The van der Waals surface area contributed by atoms with Crippen LogP contribution in [0.3, 0.4) is 0 Å². The lowest BCUT2D eigenvalue weighted by atomic mass is 10.1. The molecule has 1 aromatic carbocycles. The topological polar surface area (TPSA) is 66.9 Å². The first-order chi connectivity index (χ1) is 14.0. The Hall–Kier alpha value is -2.19. The second-order valence-corrected chi connectivity index (χ2v) is 8.47. The third-order valence-corrected chi connectivity index (χ3v) is 6.19. The van der Waals surface area contributed by atoms with E-state index in [4.69, 9.17) is 17.0 Å². The van der Waals surface area contributed by atoms with Gasteiger partial charge >= 0.3 is 5.97 Å². The molecule has 154 valence electrons. The number of benzene rings is 1. The molecular weight excluding hydrogens is 408 g/mol. The van der Waals surface area contributed by atoms with Gasteiger partial charge in [0.2, 0.25) is 0 Å². The highest BCUT2D eigenvalue weighted by molar-refractivity contribution is 8.26. The molecule has 0 radical (unpaired) electrons. The van der Waals surface area contributed by atoms with Gasteiger partial charge in [0.1, 0.15) is 4.32 Å². The molecule has 0 spiro atoms. The molecule has 0 aromatic heterocycles. The zero-order valence-corrected chi connectivity index (χ0v) is 18.2. The highest BCUT2D eigenvalue weighted by Crippen LogP contribution is 2.44. The van der Waals surface area contributed by atoms with Crippen molar-refractivity contribution in [2.75, 3.05) is 24.6 Å². The third-order valence-electron chi connectivity index (χ3n) is 4.74. The minimum Gasteiger partial charge on any atom is -0.466 e. The average molecular weight is 433 g/mol. The van der Waals surface area contributed by atoms with Crippen LogP contribution >= 0.6 is 24.0 Å². The maximum Gasteiger partial charge on any atom is 0.307 e. The SMILES string of the molecule is CCCCN1C(=O)/C(=C2\SC(=S)N(CCC(=O)OCCC)C2=O)c2ccccc21. The van der Waals surface area contributed by atoms with E-state index in [0.29, 0.717) is 28.0 Å². The standard InChI is InChI=1S/C21H24N2O4S2/c1-3-5-11-22-15-9-7-6-8-14(15)17(19(22)25)18-20(26)23(21(28)29-18)12-10-16(24)27-13-4-2/h6-9H,3-5,10-13H2,1-2H3/b18-17-. The van der Waals surface area contributed by atoms with Crippen molar-refractivity contribution in [3.05, 3.63) is 34.7 Å². The number of carbonyl (C=O) groups excluding carboxylic acids is 3. The summed E-state index contributed by atoms with van der Waals surface area (Å²) < 4.78 is 5.42. The number of ether oxygens (including phenoxy) is 1. The second kappa shape index (κ2) is 9.54. The van der Waals surface area contributed by atoms with Gasteiger partial charge in [-0.3, -0.25) is 19.3 Å². The summed E-state index contributed by atoms with van der Waals surface area (Å²) in [5.74, 6) is -0.845. The van der Waals surface area contributed by atoms with Crippen LogP contribution in [-0.4, -0.2) is 46.7 Å². The Bertz CT molecular complexity index is 881. The second-order valence-electron chi connectivity index (χ2n) is 6.83. The quantitative estimate of drug-likeness (QED) is 0.354. The first kappa shape index (κ1) is 21.5. The number of nitrogens with zero attached hydrogens (tertiary/aromatic N) is 2. The minimum absolute atomic E-state index is 0.0716. The van der Waals surface area contributed by atoms with Crippen molar-refractivity contribution in [1.82, 2.24) is 4.90 Å². The molecule has 2 aliphatic heterocycles. The van der Waals surface area contributed by atoms with Gasteiger partial charge in [-0.1, -0.05) is 62.4 Å². The van der Waals surface area contributed by atoms with Gasteiger partial charge < -0.3 is 9.64 Å². The van der Waals surface area contributed by atoms with Crippen LogP contribution in [0.25, 0.3) is 5.57 Å². The van der Waals surface area contributed by atoms with Gasteiger partial charge in [0.25, 0.3) is 11.8 Å². The monoisotopic (exact) mass is 432 g/mol. The number of hydrogen-bond acceptors (Lipinski definition) is 6. The maximum absolute atomic E-state index is 13.2. The molecule has 3 rings (SSSR count). The Morgan fingerprint density at radius 1 is 1.07 bits per heavy atom. The van der Waals surface area contributed by atoms with Crippen LogP contribution in [0.5, 0.6) is 0 Å². The highest BCUT2D eigenvalue weighted by atomic mass is 32.2. The number of rotatable bonds is 8. The summed E-state index contributed by atoms with van der Waals surface area (Å²) in [6.07, 6.45) is 2.67. The van der Waals surface area contributed by atoms with Crippen LogP contribution in [-0.2, 0) is 19.1 Å². The number of fused-ring (bicyclic) bond motifs is 1. The normalized spacial score (nSPS) is 18.6. The molecule has 1 aromatic rings. The van der Waals surface area contributed by atoms with E-state index >= 15 is 0 Å². The van der Waals surface area contributed by atoms with E-state index in [1.54, 1.807) is 4.90 Å². The molecule has 0 N–H and O–H groups in total. The van der Waals surface area contributed by atoms with Crippen molar-refractivity contribution in [3.8, 4) is 0 Å². The number of unbranched alkanes of at least 4 members (excludes halogenated alkanes) is 1. The first-order valence-electron chi connectivity index (χ1n) is 9.84. The Labute approximate surface area is 180 Å². The fourth-order valence-corrected chi connectivity index (χ4v) is 4.65. The van der Waals surface area contributed by atoms with Gasteiger partial charge in [0.15, 0.2) is 0 Å². The first-order valence-corrected chi connectivity index (χ1v) is 11.1. The smallest absolute Gasteiger partial charge is 0.307 e. The zero-order valence-electron chi connectivity index (χ0n) is 16.6. The van der Waals surface area contributed by atoms with E-state index < -0.39 is 0 Å². The molecule has 1 saturated heterocycles. The Morgan fingerprint density at radius 2 is 1.83 bits per heavy atom. The van der Waals surface area contributed by atoms with Crippen LogP contribution < -0.4 is 4.90 Å². The van der Waals surface area contributed by atoms with Crippen LogP contribution in [0, 0.1) is 0 Å². The van der Waals surface area contributed by atoms with E-state index in [-0.39, 0.29) is 30.7 Å². The van der Waals surface area contributed by atoms with E-state index in [0.717, 1.165) is 42.3 Å². The molecule has 0 aliphatic carbocycles. The number of esters is 1. The van der Waals surface area contributed by atoms with Crippen LogP contribution in [0.1, 0.15) is 45.1 Å². The maximum atomic E-state index is 13.2. The number of para-hydroxylation sites is 1. The molecule has 2 amide bonds. The van der Waals surface area contributed by atoms with Crippen LogP contribution in [0.15, 0.2) is 29.2 Å². The Balaban J connectivity index is 1.85. The van der Waals surface area contributed by atoms with Gasteiger partial charge in [-0.05, 0) is 18.9 Å². The third kappa shape index (κ3) is 4.38. The van der Waals surface area contributed by atoms with E-state index in [1.807, 2.05) is 31.2 Å². The summed E-state index contributed by atoms with van der Waals surface area (Å²) in [5.41, 5.74) is 2.00. The fraction of sp³-hybridized carbons (Fsp3) is 0.429. The van der Waals surface area contributed by atoms with Crippen molar-refractivity contribution in [3.63, 3.8) is 0 Å². The molecule has 2 aliphatic rings. The lowest BCUT2D eigenvalue weighted by molar-refractivity contribution is -0.144. The van der Waals surface area contributed by atoms with E-state index in [2.05, 4.69) is 6.92 Å². The number of amides is 2. The minimum atomic E-state index is -0.360.